The van der Waals surface area contributed by atoms with Crippen LogP contribution in [0, 0.1) is 10.1 Å². The number of carbonyl (C=O) groups is 1. The van der Waals surface area contributed by atoms with Crippen LogP contribution in [-0.2, 0) is 6.18 Å². The second-order valence-corrected chi connectivity index (χ2v) is 4.97. The van der Waals surface area contributed by atoms with Gasteiger partial charge >= 0.3 is 12.1 Å². The first-order chi connectivity index (χ1) is 11.1. The molecule has 2 aromatic rings. The zero-order valence-electron chi connectivity index (χ0n) is 12.5. The fraction of sp³-hybridized carbons (Fsp3) is 0.214. The molecule has 10 heteroatoms. The zero-order valence-corrected chi connectivity index (χ0v) is 12.5. The van der Waals surface area contributed by atoms with Crippen molar-refractivity contribution in [2.24, 2.45) is 0 Å². The summed E-state index contributed by atoms with van der Waals surface area (Å²) >= 11 is 0. The topological polar surface area (TPSA) is 88.6 Å². The molecule has 0 aliphatic heterocycles. The number of rotatable bonds is 4. The fourth-order valence-electron chi connectivity index (χ4n) is 1.93. The summed E-state index contributed by atoms with van der Waals surface area (Å²) in [6, 6.07) is 4.93. The largest absolute Gasteiger partial charge is 0.433 e. The maximum atomic E-state index is 12.8. The molecule has 128 valence electrons. The van der Waals surface area contributed by atoms with Crippen LogP contribution in [0.2, 0.25) is 0 Å². The lowest BCUT2D eigenvalue weighted by atomic mass is 10.1. The Labute approximate surface area is 133 Å². The van der Waals surface area contributed by atoms with E-state index in [0.717, 1.165) is 24.3 Å². The number of anilines is 2. The summed E-state index contributed by atoms with van der Waals surface area (Å²) in [4.78, 5) is 23.3. The van der Waals surface area contributed by atoms with Gasteiger partial charge in [0.2, 0.25) is 0 Å². The molecule has 0 bridgehead atoms. The van der Waals surface area contributed by atoms with Crippen LogP contribution in [0.25, 0.3) is 0 Å². The smallest absolute Gasteiger partial charge is 0.395 e. The van der Waals surface area contributed by atoms with Crippen LogP contribution in [0.1, 0.15) is 16.1 Å². The molecular weight excluding hydrogens is 331 g/mol. The minimum Gasteiger partial charge on any atom is -0.395 e. The highest BCUT2D eigenvalue weighted by Crippen LogP contribution is 2.35. The van der Waals surface area contributed by atoms with Crippen molar-refractivity contribution in [3.8, 4) is 0 Å². The van der Waals surface area contributed by atoms with Gasteiger partial charge in [0.25, 0.3) is 5.91 Å². The number of nitrogens with zero attached hydrogens (tertiary/aromatic N) is 2. The molecular formula is C14H12F3N3O4. The van der Waals surface area contributed by atoms with Gasteiger partial charge in [-0.25, -0.2) is 0 Å². The number of benzene rings is 1. The number of hydrogen-bond donors (Lipinski definition) is 1. The normalized spacial score (nSPS) is 11.2. The Kier molecular flexibility index (Phi) is 4.49. The highest BCUT2D eigenvalue weighted by Gasteiger charge is 2.31. The third-order valence-electron chi connectivity index (χ3n) is 3.05. The van der Waals surface area contributed by atoms with E-state index in [1.54, 1.807) is 14.1 Å². The number of halogens is 3. The molecule has 0 aliphatic rings. The minimum atomic E-state index is -4.58. The predicted octanol–water partition coefficient (Wildman–Crippen LogP) is 3.52. The van der Waals surface area contributed by atoms with Crippen molar-refractivity contribution in [1.29, 1.82) is 0 Å². The van der Waals surface area contributed by atoms with Crippen LogP contribution in [0.15, 0.2) is 34.7 Å². The molecule has 1 aromatic heterocycles. The van der Waals surface area contributed by atoms with Gasteiger partial charge in [0.05, 0.1) is 23.0 Å². The maximum absolute atomic E-state index is 12.8. The lowest BCUT2D eigenvalue weighted by molar-refractivity contribution is -0.402. The Morgan fingerprint density at radius 3 is 2.42 bits per heavy atom. The standard InChI is InChI=1S/C14H12F3N3O4/c1-19(2)10-4-3-8(14(15,16)17)7-9(10)18-13(21)11-5-6-12(24-11)20(22)23/h3-7H,1-2H3,(H,18,21). The van der Waals surface area contributed by atoms with Crippen LogP contribution in [-0.4, -0.2) is 24.9 Å². The predicted molar refractivity (Wildman–Crippen MR) is 79.1 cm³/mol. The Bertz CT molecular complexity index is 784. The number of carbonyl (C=O) groups excluding carboxylic acids is 1. The second kappa shape index (κ2) is 6.22. The minimum absolute atomic E-state index is 0.0983. The first kappa shape index (κ1) is 17.3. The van der Waals surface area contributed by atoms with Crippen LogP contribution in [0.3, 0.4) is 0 Å². The molecule has 1 N–H and O–H groups in total. The van der Waals surface area contributed by atoms with Crippen LogP contribution in [0.5, 0.6) is 0 Å². The third kappa shape index (κ3) is 3.65. The zero-order chi connectivity index (χ0) is 18.1. The van der Waals surface area contributed by atoms with E-state index in [-0.39, 0.29) is 11.4 Å². The summed E-state index contributed by atoms with van der Waals surface area (Å²) < 4.78 is 43.2. The summed E-state index contributed by atoms with van der Waals surface area (Å²) in [6.07, 6.45) is -4.58. The molecule has 0 saturated carbocycles. The van der Waals surface area contributed by atoms with Gasteiger partial charge in [-0.05, 0) is 24.3 Å². The molecule has 1 amide bonds. The SMILES string of the molecule is CN(C)c1ccc(C(F)(F)F)cc1NC(=O)c1ccc([N+](=O)[O-])o1. The van der Waals surface area contributed by atoms with Crippen molar-refractivity contribution in [3.63, 3.8) is 0 Å². The van der Waals surface area contributed by atoms with E-state index in [4.69, 9.17) is 4.42 Å². The summed E-state index contributed by atoms with van der Waals surface area (Å²) in [6.45, 7) is 0. The van der Waals surface area contributed by atoms with E-state index in [0.29, 0.717) is 5.69 Å². The van der Waals surface area contributed by atoms with Crippen LogP contribution in [0.4, 0.5) is 30.4 Å². The van der Waals surface area contributed by atoms with E-state index >= 15 is 0 Å². The first-order valence-electron chi connectivity index (χ1n) is 6.53. The molecule has 0 spiro atoms. The molecule has 0 saturated heterocycles. The number of furan rings is 1. The molecule has 24 heavy (non-hydrogen) atoms. The summed E-state index contributed by atoms with van der Waals surface area (Å²) in [5.74, 6) is -1.92. The van der Waals surface area contributed by atoms with Gasteiger partial charge in [-0.15, -0.1) is 0 Å². The van der Waals surface area contributed by atoms with Crippen molar-refractivity contribution in [3.05, 3.63) is 51.8 Å². The van der Waals surface area contributed by atoms with Gasteiger partial charge in [-0.3, -0.25) is 14.9 Å². The highest BCUT2D eigenvalue weighted by molar-refractivity contribution is 6.04. The van der Waals surface area contributed by atoms with E-state index in [9.17, 15) is 28.1 Å². The van der Waals surface area contributed by atoms with Crippen molar-refractivity contribution in [2.75, 3.05) is 24.3 Å². The number of hydrogen-bond acceptors (Lipinski definition) is 5. The van der Waals surface area contributed by atoms with E-state index in [1.165, 1.54) is 11.0 Å². The monoisotopic (exact) mass is 343 g/mol. The molecule has 0 radical (unpaired) electrons. The Morgan fingerprint density at radius 1 is 1.25 bits per heavy atom. The Morgan fingerprint density at radius 2 is 1.92 bits per heavy atom. The van der Waals surface area contributed by atoms with Gasteiger partial charge in [-0.1, -0.05) is 0 Å². The third-order valence-corrected chi connectivity index (χ3v) is 3.05. The average molecular weight is 343 g/mol. The van der Waals surface area contributed by atoms with Crippen LogP contribution < -0.4 is 10.2 Å². The average Bonchev–Trinajstić information content (AvgIpc) is 2.96. The Hall–Kier alpha value is -3.04. The van der Waals surface area contributed by atoms with Gasteiger partial charge in [0.1, 0.15) is 4.92 Å². The molecule has 0 aliphatic carbocycles. The van der Waals surface area contributed by atoms with Gasteiger partial charge in [0, 0.05) is 14.1 Å². The van der Waals surface area contributed by atoms with E-state index in [2.05, 4.69) is 5.32 Å². The molecule has 0 unspecified atom stereocenters. The Balaban J connectivity index is 2.35. The highest BCUT2D eigenvalue weighted by atomic mass is 19.4. The van der Waals surface area contributed by atoms with Gasteiger partial charge in [-0.2, -0.15) is 13.2 Å². The van der Waals surface area contributed by atoms with Crippen LogP contribution >= 0.6 is 0 Å². The number of nitro groups is 1. The number of nitrogens with one attached hydrogen (secondary N) is 1. The van der Waals surface area contributed by atoms with E-state index in [1.807, 2.05) is 0 Å². The van der Waals surface area contributed by atoms with Crippen molar-refractivity contribution in [1.82, 2.24) is 0 Å². The molecule has 7 nitrogen and oxygen atoms in total. The fourth-order valence-corrected chi connectivity index (χ4v) is 1.93. The van der Waals surface area contributed by atoms with Crippen molar-refractivity contribution >= 4 is 23.2 Å². The molecule has 1 heterocycles. The second-order valence-electron chi connectivity index (χ2n) is 4.97. The van der Waals surface area contributed by atoms with Gasteiger partial charge < -0.3 is 14.6 Å². The lowest BCUT2D eigenvalue weighted by Gasteiger charge is -2.19. The molecule has 0 fully saturated rings. The van der Waals surface area contributed by atoms with Gasteiger partial charge in [0.15, 0.2) is 5.76 Å². The number of alkyl halides is 3. The number of amides is 1. The molecule has 1 aromatic carbocycles. The first-order valence-corrected chi connectivity index (χ1v) is 6.53. The molecule has 0 atom stereocenters. The quantitative estimate of drug-likeness (QED) is 0.678. The lowest BCUT2D eigenvalue weighted by Crippen LogP contribution is -2.17. The van der Waals surface area contributed by atoms with Crippen molar-refractivity contribution in [2.45, 2.75) is 6.18 Å². The molecule has 2 rings (SSSR count). The maximum Gasteiger partial charge on any atom is 0.433 e. The summed E-state index contributed by atoms with van der Waals surface area (Å²) in [5.41, 5.74) is -0.704. The summed E-state index contributed by atoms with van der Waals surface area (Å²) in [7, 11) is 3.19. The van der Waals surface area contributed by atoms with E-state index < -0.39 is 28.5 Å². The summed E-state index contributed by atoms with van der Waals surface area (Å²) in [5, 5.41) is 12.8. The van der Waals surface area contributed by atoms with Crippen molar-refractivity contribution < 1.29 is 27.3 Å².